The fourth-order valence-corrected chi connectivity index (χ4v) is 7.58. The highest BCUT2D eigenvalue weighted by molar-refractivity contribution is 6.03. The smallest absolute Gasteiger partial charge is 0.508 e. The number of aromatic nitrogens is 3. The molecular weight excluding hydrogens is 683 g/mol. The summed E-state index contributed by atoms with van der Waals surface area (Å²) in [4.78, 5) is 18.4. The minimum Gasteiger partial charge on any atom is -0.508 e. The van der Waals surface area contributed by atoms with Gasteiger partial charge in [0.05, 0.1) is 29.4 Å². The minimum atomic E-state index is -4.68. The van der Waals surface area contributed by atoms with E-state index in [2.05, 4.69) is 32.8 Å². The number of hydrogen-bond acceptors (Lipinski definition) is 9. The van der Waals surface area contributed by atoms with Crippen molar-refractivity contribution in [3.63, 3.8) is 0 Å². The first-order chi connectivity index (χ1) is 24.9. The van der Waals surface area contributed by atoms with Crippen molar-refractivity contribution in [1.82, 2.24) is 25.2 Å². The van der Waals surface area contributed by atoms with Gasteiger partial charge >= 0.3 is 12.4 Å². The molecule has 1 saturated carbocycles. The number of aromatic hydroxyl groups is 1. The van der Waals surface area contributed by atoms with Gasteiger partial charge in [-0.25, -0.2) is 13.8 Å². The normalized spacial score (nSPS) is 20.5. The number of hydrogen-bond donors (Lipinski definition) is 2. The Labute approximate surface area is 298 Å². The zero-order chi connectivity index (χ0) is 36.8. The number of ether oxygens (including phenoxy) is 2. The largest absolute Gasteiger partial charge is 0.522 e. The maximum atomic E-state index is 17.2. The second kappa shape index (κ2) is 14.2. The molecule has 0 spiro atoms. The molecule has 0 radical (unpaired) electrons. The van der Waals surface area contributed by atoms with Crippen molar-refractivity contribution < 1.29 is 36.5 Å². The number of likely N-dealkylation sites (tertiary alicyclic amines) is 1. The van der Waals surface area contributed by atoms with E-state index in [1.54, 1.807) is 0 Å². The molecule has 52 heavy (non-hydrogen) atoms. The lowest BCUT2D eigenvalue weighted by atomic mass is 9.95. The third kappa shape index (κ3) is 7.31. The molecule has 3 aliphatic rings. The summed E-state index contributed by atoms with van der Waals surface area (Å²) < 4.78 is 81.2. The van der Waals surface area contributed by atoms with Crippen LogP contribution >= 0.6 is 0 Å². The molecule has 4 aromatic rings. The Morgan fingerprint density at radius 3 is 2.60 bits per heavy atom. The fourth-order valence-electron chi connectivity index (χ4n) is 7.58. The van der Waals surface area contributed by atoms with Gasteiger partial charge in [0.1, 0.15) is 28.6 Å². The lowest BCUT2D eigenvalue weighted by Crippen LogP contribution is -2.50. The van der Waals surface area contributed by atoms with Crippen LogP contribution in [0.15, 0.2) is 24.3 Å². The summed E-state index contributed by atoms with van der Waals surface area (Å²) in [5.74, 6) is 1.26. The van der Waals surface area contributed by atoms with Crippen LogP contribution in [-0.2, 0) is 11.2 Å². The topological polar surface area (TPSA) is 95.9 Å². The van der Waals surface area contributed by atoms with E-state index in [0.29, 0.717) is 67.8 Å². The monoisotopic (exact) mass is 724 g/mol. The number of rotatable bonds is 11. The maximum absolute atomic E-state index is 17.2. The second-order valence-electron chi connectivity index (χ2n) is 14.2. The number of terminal acetylenes is 1. The molecule has 3 fully saturated rings. The highest BCUT2D eigenvalue weighted by Crippen LogP contribution is 2.47. The van der Waals surface area contributed by atoms with E-state index in [-0.39, 0.29) is 70.5 Å². The van der Waals surface area contributed by atoms with Crippen LogP contribution in [0.3, 0.4) is 0 Å². The number of benzene rings is 2. The van der Waals surface area contributed by atoms with Crippen LogP contribution in [0.5, 0.6) is 11.8 Å². The third-order valence-electron chi connectivity index (χ3n) is 10.4. The van der Waals surface area contributed by atoms with Gasteiger partial charge in [0, 0.05) is 61.7 Å². The van der Waals surface area contributed by atoms with E-state index in [9.17, 15) is 18.3 Å². The predicted octanol–water partition coefficient (Wildman–Crippen LogP) is 6.72. The quantitative estimate of drug-likeness (QED) is 0.129. The Kier molecular flexibility index (Phi) is 9.88. The molecule has 0 amide bonds. The number of fused-ring (bicyclic) bond motifs is 2. The van der Waals surface area contributed by atoms with Crippen LogP contribution in [0.4, 0.5) is 27.8 Å². The van der Waals surface area contributed by atoms with Crippen LogP contribution < -0.4 is 15.0 Å². The highest BCUT2D eigenvalue weighted by atomic mass is 19.4. The maximum Gasteiger partial charge on any atom is 0.522 e. The highest BCUT2D eigenvalue weighted by Gasteiger charge is 2.47. The average molecular weight is 725 g/mol. The second-order valence-corrected chi connectivity index (χ2v) is 14.2. The lowest BCUT2D eigenvalue weighted by Gasteiger charge is -2.35. The summed E-state index contributed by atoms with van der Waals surface area (Å²) in [7, 11) is 0. The van der Waals surface area contributed by atoms with Crippen LogP contribution in [0.1, 0.15) is 57.2 Å². The van der Waals surface area contributed by atoms with Gasteiger partial charge in [0.15, 0.2) is 5.82 Å². The molecule has 9 nitrogen and oxygen atoms in total. The first kappa shape index (κ1) is 36.1. The number of alkyl halides is 3. The van der Waals surface area contributed by atoms with Crippen molar-refractivity contribution in [1.29, 1.82) is 0 Å². The molecule has 2 aromatic heterocycles. The molecule has 0 unspecified atom stereocenters. The number of nitrogens with one attached hydrogen (secondary N) is 1. The van der Waals surface area contributed by atoms with Crippen molar-refractivity contribution in [2.75, 3.05) is 50.8 Å². The molecule has 2 saturated heterocycles. The molecule has 2 N–H and O–H groups in total. The van der Waals surface area contributed by atoms with Crippen LogP contribution in [-0.4, -0.2) is 89.3 Å². The number of pyridine rings is 1. The Hall–Kier alpha value is -4.32. The molecule has 7 rings (SSSR count). The van der Waals surface area contributed by atoms with E-state index in [4.69, 9.17) is 21.1 Å². The predicted molar refractivity (Wildman–Crippen MR) is 187 cm³/mol. The summed E-state index contributed by atoms with van der Waals surface area (Å²) in [5, 5.41) is 15.3. The summed E-state index contributed by atoms with van der Waals surface area (Å²) >= 11 is 0. The van der Waals surface area contributed by atoms with Crippen molar-refractivity contribution in [3.05, 3.63) is 47.2 Å². The third-order valence-corrected chi connectivity index (χ3v) is 10.4. The van der Waals surface area contributed by atoms with E-state index in [1.165, 1.54) is 24.3 Å². The van der Waals surface area contributed by atoms with Gasteiger partial charge < -0.3 is 20.1 Å². The van der Waals surface area contributed by atoms with Crippen molar-refractivity contribution in [2.24, 2.45) is 5.41 Å². The molecule has 1 aliphatic carbocycles. The first-order valence-corrected chi connectivity index (χ1v) is 17.8. The van der Waals surface area contributed by atoms with Crippen molar-refractivity contribution in [3.8, 4) is 35.4 Å². The van der Waals surface area contributed by atoms with Gasteiger partial charge in [-0.2, -0.15) is 9.97 Å². The van der Waals surface area contributed by atoms with Gasteiger partial charge in [0.2, 0.25) is 0 Å². The number of nitrogens with zero attached hydrogens (tertiary/aromatic N) is 5. The van der Waals surface area contributed by atoms with E-state index < -0.39 is 24.1 Å². The summed E-state index contributed by atoms with van der Waals surface area (Å²) in [6, 6.07) is 5.59. The van der Waals surface area contributed by atoms with Crippen LogP contribution in [0.2, 0.25) is 0 Å². The van der Waals surface area contributed by atoms with Crippen LogP contribution in [0.25, 0.3) is 32.9 Å². The van der Waals surface area contributed by atoms with E-state index >= 15 is 8.78 Å². The number of phenols is 1. The van der Waals surface area contributed by atoms with Gasteiger partial charge in [-0.05, 0) is 55.7 Å². The summed E-state index contributed by atoms with van der Waals surface area (Å²) in [6.07, 6.45) is 4.06. The Morgan fingerprint density at radius 1 is 1.08 bits per heavy atom. The molecule has 276 valence electrons. The zero-order valence-corrected chi connectivity index (χ0v) is 29.1. The fraction of sp³-hybridized carbons (Fsp3) is 0.500. The van der Waals surface area contributed by atoms with Crippen LogP contribution in [0, 0.1) is 29.4 Å². The SMILES string of the molecule is C#Cc1c(F)ccc2cc(O)cc(-c3nc(CCC)c4c(N5CCN[C@H](CC)C5)nc(OCC5(CN6CC[C@H](OC(F)(F)F)C6)CC5)nc4c3F)c12. The van der Waals surface area contributed by atoms with Gasteiger partial charge in [0.25, 0.3) is 0 Å². The zero-order valence-electron chi connectivity index (χ0n) is 29.1. The van der Waals surface area contributed by atoms with E-state index in [1.807, 2.05) is 11.8 Å². The first-order valence-electron chi connectivity index (χ1n) is 17.8. The number of anilines is 1. The number of phenolic OH excluding ortho intramolecular Hbond substituents is 1. The van der Waals surface area contributed by atoms with Crippen molar-refractivity contribution >= 4 is 27.5 Å². The number of aryl methyl sites for hydroxylation is 1. The van der Waals surface area contributed by atoms with E-state index in [0.717, 1.165) is 19.3 Å². The van der Waals surface area contributed by atoms with Gasteiger partial charge in [-0.15, -0.1) is 19.6 Å². The standard InChI is InChI=1S/C38H41F5N6O3/c1-4-7-29-31-34(32(40)33(45-29)27-17-24(50)16-22-8-9-28(39)26(6-3)30(22)27)46-36(47-35(31)49-15-13-44-23(5-2)18-49)51-21-37(11-12-37)20-48-14-10-25(19-48)52-38(41,42)43/h3,8-9,16-17,23,25,44,50H,4-5,7,10-15,18-21H2,1-2H3/t23-,25+/m1/s1. The van der Waals surface area contributed by atoms with Crippen molar-refractivity contribution in [2.45, 2.75) is 70.9 Å². The molecule has 2 aromatic carbocycles. The Morgan fingerprint density at radius 2 is 1.88 bits per heavy atom. The lowest BCUT2D eigenvalue weighted by molar-refractivity contribution is -0.340. The number of halogens is 5. The van der Waals surface area contributed by atoms with Gasteiger partial charge in [-0.1, -0.05) is 32.3 Å². The molecule has 14 heteroatoms. The molecule has 0 bridgehead atoms. The average Bonchev–Trinajstić information content (AvgIpc) is 3.75. The Balaban J connectivity index is 1.31. The summed E-state index contributed by atoms with van der Waals surface area (Å²) in [5.41, 5.74) is 0.135. The molecule has 4 heterocycles. The molecular formula is C38H41F5N6O3. The minimum absolute atomic E-state index is 0.0216. The number of piperazine rings is 1. The van der Waals surface area contributed by atoms with Gasteiger partial charge in [-0.3, -0.25) is 9.64 Å². The molecule has 2 aliphatic heterocycles. The summed E-state index contributed by atoms with van der Waals surface area (Å²) in [6.45, 7) is 7.35. The Bertz CT molecular complexity index is 2030. The molecule has 2 atom stereocenters.